The predicted octanol–water partition coefficient (Wildman–Crippen LogP) is 4.86. The van der Waals surface area contributed by atoms with Gasteiger partial charge in [-0.25, -0.2) is 0 Å². The number of hydrogen-bond acceptors (Lipinski definition) is 3. The maximum Gasteiger partial charge on any atom is 0.262 e. The van der Waals surface area contributed by atoms with Gasteiger partial charge in [-0.3, -0.25) is 9.59 Å². The minimum absolute atomic E-state index is 0.112. The van der Waals surface area contributed by atoms with Crippen LogP contribution in [-0.2, 0) is 4.79 Å². The van der Waals surface area contributed by atoms with Crippen molar-refractivity contribution in [3.63, 3.8) is 0 Å². The van der Waals surface area contributed by atoms with Crippen LogP contribution in [0.2, 0.25) is 0 Å². The molecule has 2 aromatic carbocycles. The highest BCUT2D eigenvalue weighted by atomic mass is 32.2. The number of aryl methyl sites for hydroxylation is 1. The summed E-state index contributed by atoms with van der Waals surface area (Å²) < 4.78 is 0. The molecule has 4 nitrogen and oxygen atoms in total. The van der Waals surface area contributed by atoms with Gasteiger partial charge in [0.2, 0.25) is 0 Å². The van der Waals surface area contributed by atoms with Gasteiger partial charge in [0, 0.05) is 17.0 Å². The number of carbonyl (C=O) groups excluding carboxylic acids is 2. The second-order valence-electron chi connectivity index (χ2n) is 7.12. The summed E-state index contributed by atoms with van der Waals surface area (Å²) in [6.45, 7) is 6.93. The van der Waals surface area contributed by atoms with E-state index in [-0.39, 0.29) is 11.8 Å². The number of amides is 2. The summed E-state index contributed by atoms with van der Waals surface area (Å²) in [4.78, 5) is 26.3. The number of hydrogen-bond donors (Lipinski definition) is 2. The van der Waals surface area contributed by atoms with Crippen molar-refractivity contribution in [2.24, 2.45) is 5.92 Å². The molecule has 0 fully saturated rings. The Balaban J connectivity index is 1.74. The monoisotopic (exact) mass is 380 g/mol. The largest absolute Gasteiger partial charge is 0.352 e. The van der Waals surface area contributed by atoms with Gasteiger partial charge in [0.05, 0.1) is 10.6 Å². The van der Waals surface area contributed by atoms with Gasteiger partial charge in [0.15, 0.2) is 0 Å². The van der Waals surface area contributed by atoms with Gasteiger partial charge in [0.1, 0.15) is 0 Å². The molecule has 27 heavy (non-hydrogen) atoms. The van der Waals surface area contributed by atoms with Crippen LogP contribution in [0.1, 0.15) is 41.8 Å². The third kappa shape index (κ3) is 5.01. The third-order valence-electron chi connectivity index (χ3n) is 4.32. The third-order valence-corrected chi connectivity index (χ3v) is 5.42. The highest BCUT2D eigenvalue weighted by Gasteiger charge is 2.22. The summed E-state index contributed by atoms with van der Waals surface area (Å²) in [5.41, 5.74) is 3.41. The van der Waals surface area contributed by atoms with Crippen molar-refractivity contribution in [3.05, 3.63) is 64.1 Å². The molecule has 0 spiro atoms. The molecule has 3 rings (SSSR count). The first kappa shape index (κ1) is 19.2. The van der Waals surface area contributed by atoms with Crippen molar-refractivity contribution in [2.75, 3.05) is 11.9 Å². The Labute approximate surface area is 164 Å². The molecule has 5 heteroatoms. The van der Waals surface area contributed by atoms with Gasteiger partial charge in [0.25, 0.3) is 11.8 Å². The average molecular weight is 381 g/mol. The number of thioether (sulfide) groups is 1. The number of fused-ring (bicyclic) bond motifs is 1. The van der Waals surface area contributed by atoms with Crippen molar-refractivity contribution in [1.29, 1.82) is 0 Å². The van der Waals surface area contributed by atoms with Crippen LogP contribution in [0, 0.1) is 12.8 Å². The highest BCUT2D eigenvalue weighted by molar-refractivity contribution is 8.04. The van der Waals surface area contributed by atoms with E-state index in [1.54, 1.807) is 12.1 Å². The molecule has 0 aromatic heterocycles. The van der Waals surface area contributed by atoms with Crippen LogP contribution in [0.25, 0.3) is 6.08 Å². The van der Waals surface area contributed by atoms with E-state index in [1.165, 1.54) is 17.3 Å². The lowest BCUT2D eigenvalue weighted by Crippen LogP contribution is -2.26. The zero-order valence-corrected chi connectivity index (χ0v) is 16.7. The maximum atomic E-state index is 12.5. The van der Waals surface area contributed by atoms with Crippen LogP contribution in [0.15, 0.2) is 52.3 Å². The Morgan fingerprint density at radius 2 is 1.93 bits per heavy atom. The van der Waals surface area contributed by atoms with Crippen molar-refractivity contribution in [1.82, 2.24) is 5.32 Å². The molecule has 0 radical (unpaired) electrons. The normalized spacial score (nSPS) is 14.8. The van der Waals surface area contributed by atoms with Gasteiger partial charge in [-0.1, -0.05) is 55.4 Å². The first-order valence-electron chi connectivity index (χ1n) is 9.12. The summed E-state index contributed by atoms with van der Waals surface area (Å²) in [5.74, 6) is 0.285. The molecule has 0 unspecified atom stereocenters. The number of anilines is 1. The predicted molar refractivity (Wildman–Crippen MR) is 112 cm³/mol. The fraction of sp³-hybridized carbons (Fsp3) is 0.273. The van der Waals surface area contributed by atoms with E-state index in [0.717, 1.165) is 16.9 Å². The number of rotatable bonds is 5. The van der Waals surface area contributed by atoms with Gasteiger partial charge in [-0.15, -0.1) is 0 Å². The van der Waals surface area contributed by atoms with Crippen molar-refractivity contribution < 1.29 is 9.59 Å². The van der Waals surface area contributed by atoms with Crippen LogP contribution < -0.4 is 10.6 Å². The average Bonchev–Trinajstić information content (AvgIpc) is 2.63. The van der Waals surface area contributed by atoms with Crippen molar-refractivity contribution >= 4 is 35.3 Å². The lowest BCUT2D eigenvalue weighted by molar-refractivity contribution is -0.112. The van der Waals surface area contributed by atoms with Gasteiger partial charge in [-0.05, 0) is 49.1 Å². The zero-order chi connectivity index (χ0) is 19.4. The molecule has 0 aliphatic carbocycles. The Hall–Kier alpha value is -2.53. The summed E-state index contributed by atoms with van der Waals surface area (Å²) in [6.07, 6.45) is 2.82. The molecule has 2 amide bonds. The van der Waals surface area contributed by atoms with E-state index in [0.29, 0.717) is 28.6 Å². The highest BCUT2D eigenvalue weighted by Crippen LogP contribution is 2.39. The molecular formula is C22H24N2O2S. The number of carbonyl (C=O) groups is 2. The molecule has 0 saturated carbocycles. The summed E-state index contributed by atoms with van der Waals surface area (Å²) in [6, 6.07) is 13.5. The lowest BCUT2D eigenvalue weighted by atomic mass is 10.1. The van der Waals surface area contributed by atoms with Crippen LogP contribution in [0.3, 0.4) is 0 Å². The topological polar surface area (TPSA) is 58.2 Å². The maximum absolute atomic E-state index is 12.5. The van der Waals surface area contributed by atoms with E-state index in [2.05, 4.69) is 24.5 Å². The van der Waals surface area contributed by atoms with Crippen LogP contribution in [-0.4, -0.2) is 18.4 Å². The fourth-order valence-corrected chi connectivity index (χ4v) is 3.62. The minimum Gasteiger partial charge on any atom is -0.352 e. The summed E-state index contributed by atoms with van der Waals surface area (Å²) in [5, 5.41) is 5.83. The van der Waals surface area contributed by atoms with Crippen LogP contribution >= 0.6 is 11.8 Å². The quantitative estimate of drug-likeness (QED) is 0.729. The molecule has 1 aliphatic heterocycles. The Morgan fingerprint density at radius 1 is 1.19 bits per heavy atom. The van der Waals surface area contributed by atoms with E-state index in [1.807, 2.05) is 43.3 Å². The lowest BCUT2D eigenvalue weighted by Gasteiger charge is -2.19. The van der Waals surface area contributed by atoms with E-state index in [4.69, 9.17) is 0 Å². The zero-order valence-electron chi connectivity index (χ0n) is 15.8. The smallest absolute Gasteiger partial charge is 0.262 e. The first-order chi connectivity index (χ1) is 12.9. The molecule has 140 valence electrons. The second kappa shape index (κ2) is 8.44. The van der Waals surface area contributed by atoms with Crippen LogP contribution in [0.4, 0.5) is 5.69 Å². The van der Waals surface area contributed by atoms with Gasteiger partial charge < -0.3 is 10.6 Å². The molecule has 1 aliphatic rings. The SMILES string of the molecule is Cc1ccc(/C=C2/Sc3ccc(C(=O)NCCC(C)C)cc3NC2=O)cc1. The van der Waals surface area contributed by atoms with Gasteiger partial charge in [-0.2, -0.15) is 0 Å². The molecular weight excluding hydrogens is 356 g/mol. The Bertz CT molecular complexity index is 886. The summed E-state index contributed by atoms with van der Waals surface area (Å²) >= 11 is 1.42. The molecule has 0 bridgehead atoms. The van der Waals surface area contributed by atoms with Gasteiger partial charge >= 0.3 is 0 Å². The van der Waals surface area contributed by atoms with E-state index in [9.17, 15) is 9.59 Å². The van der Waals surface area contributed by atoms with E-state index >= 15 is 0 Å². The number of nitrogens with one attached hydrogen (secondary N) is 2. The van der Waals surface area contributed by atoms with E-state index < -0.39 is 0 Å². The van der Waals surface area contributed by atoms with Crippen LogP contribution in [0.5, 0.6) is 0 Å². The molecule has 0 saturated heterocycles. The Morgan fingerprint density at radius 3 is 2.63 bits per heavy atom. The summed E-state index contributed by atoms with van der Waals surface area (Å²) in [7, 11) is 0. The molecule has 0 atom stereocenters. The molecule has 1 heterocycles. The minimum atomic E-state index is -0.148. The van der Waals surface area contributed by atoms with Crippen molar-refractivity contribution in [3.8, 4) is 0 Å². The van der Waals surface area contributed by atoms with Crippen molar-refractivity contribution in [2.45, 2.75) is 32.1 Å². The molecule has 2 aromatic rings. The molecule has 2 N–H and O–H groups in total. The first-order valence-corrected chi connectivity index (χ1v) is 9.94. The standard InChI is InChI=1S/C22H24N2O2S/c1-14(2)10-11-23-21(25)17-8-9-19-18(13-17)24-22(26)20(27-19)12-16-6-4-15(3)5-7-16/h4-9,12-14H,10-11H2,1-3H3,(H,23,25)(H,24,26)/b20-12+. The fourth-order valence-electron chi connectivity index (χ4n) is 2.69. The number of benzene rings is 2. The Kier molecular flexibility index (Phi) is 6.01. The second-order valence-corrected chi connectivity index (χ2v) is 8.21.